The van der Waals surface area contributed by atoms with E-state index in [-0.39, 0.29) is 12.8 Å². The summed E-state index contributed by atoms with van der Waals surface area (Å²) in [6.07, 6.45) is 9.59. The van der Waals surface area contributed by atoms with Gasteiger partial charge in [0.15, 0.2) is 36.4 Å². The molecule has 0 fully saturated rings. The Balaban J connectivity index is 7.93. The predicted molar refractivity (Wildman–Crippen MR) is 204 cm³/mol. The van der Waals surface area contributed by atoms with Gasteiger partial charge >= 0.3 is 0 Å². The Bertz CT molecular complexity index is 2790. The van der Waals surface area contributed by atoms with Crippen LogP contribution in [0.1, 0.15) is 33.1 Å². The first-order valence-electron chi connectivity index (χ1n) is 14.8. The van der Waals surface area contributed by atoms with Gasteiger partial charge in [-0.25, -0.2) is 0 Å². The van der Waals surface area contributed by atoms with E-state index in [0.29, 0.717) is 34.3 Å². The van der Waals surface area contributed by atoms with Gasteiger partial charge in [0.1, 0.15) is 0 Å². The van der Waals surface area contributed by atoms with E-state index < -0.39 is 5.92 Å². The van der Waals surface area contributed by atoms with E-state index in [0.717, 1.165) is 0 Å². The zero-order chi connectivity index (χ0) is 39.7. The summed E-state index contributed by atoms with van der Waals surface area (Å²) in [4.78, 5) is 0. The number of rotatable bonds is 8. The molecule has 0 bridgehead atoms. The van der Waals surface area contributed by atoms with Crippen molar-refractivity contribution < 1.29 is 0 Å². The van der Waals surface area contributed by atoms with Gasteiger partial charge in [-0.3, -0.25) is 0 Å². The van der Waals surface area contributed by atoms with Crippen LogP contribution in [0.25, 0.3) is 0 Å². The molecule has 0 aliphatic rings. The number of nitrogens with zero attached hydrogens (tertiary/aromatic N) is 6. The normalized spacial score (nSPS) is 9.07. The summed E-state index contributed by atoms with van der Waals surface area (Å²) in [5, 5.41) is 52.7. The van der Waals surface area contributed by atoms with Gasteiger partial charge in [0, 0.05) is 105 Å². The molecule has 240 valence electrons. The Hall–Kier alpha value is -10.1. The van der Waals surface area contributed by atoms with E-state index in [9.17, 15) is 0 Å². The second kappa shape index (κ2) is 32.8. The lowest BCUT2D eigenvalue weighted by molar-refractivity contribution is 0.985. The molecular formula is C48H18N6. The zero-order valence-corrected chi connectivity index (χ0v) is 28.8. The fourth-order valence-electron chi connectivity index (χ4n) is 3.21. The second-order valence-electron chi connectivity index (χ2n) is 8.66. The van der Waals surface area contributed by atoms with Crippen molar-refractivity contribution in [2.75, 3.05) is 0 Å². The molecule has 6 heteroatoms. The zero-order valence-electron chi connectivity index (χ0n) is 28.8. The second-order valence-corrected chi connectivity index (χ2v) is 8.66. The van der Waals surface area contributed by atoms with E-state index in [1.54, 1.807) is 80.6 Å². The maximum Gasteiger partial charge on any atom is 0.153 e. The van der Waals surface area contributed by atoms with E-state index in [1.165, 1.54) is 0 Å². The topological polar surface area (TPSA) is 143 Å². The van der Waals surface area contributed by atoms with Gasteiger partial charge in [0.25, 0.3) is 0 Å². The molecule has 0 aromatic rings. The van der Waals surface area contributed by atoms with Gasteiger partial charge in [-0.15, -0.1) is 0 Å². The first-order chi connectivity index (χ1) is 26.5. The minimum atomic E-state index is -0.885. The maximum absolute atomic E-state index is 8.95. The van der Waals surface area contributed by atoms with Crippen molar-refractivity contribution in [3.8, 4) is 190 Å². The average molecular weight is 679 g/mol. The van der Waals surface area contributed by atoms with Crippen LogP contribution in [0, 0.1) is 228 Å². The van der Waals surface area contributed by atoms with Crippen LogP contribution in [0.15, 0.2) is 58.2 Å². The van der Waals surface area contributed by atoms with E-state index >= 15 is 0 Å². The fourth-order valence-corrected chi connectivity index (χ4v) is 3.21. The van der Waals surface area contributed by atoms with Crippen molar-refractivity contribution in [3.63, 3.8) is 0 Å². The maximum atomic E-state index is 8.95. The average Bonchev–Trinajstić information content (AvgIpc) is 3.19. The van der Waals surface area contributed by atoms with Crippen molar-refractivity contribution >= 4 is 0 Å². The molecule has 6 nitrogen and oxygen atoms in total. The van der Waals surface area contributed by atoms with E-state index in [4.69, 9.17) is 31.6 Å². The van der Waals surface area contributed by atoms with Crippen molar-refractivity contribution in [1.82, 2.24) is 0 Å². The summed E-state index contributed by atoms with van der Waals surface area (Å²) in [7, 11) is 0. The van der Waals surface area contributed by atoms with Gasteiger partial charge in [0.05, 0.1) is 5.92 Å². The molecule has 0 aromatic heterocycles. The Morgan fingerprint density at radius 3 is 1.04 bits per heavy atom. The van der Waals surface area contributed by atoms with Crippen molar-refractivity contribution in [3.05, 3.63) is 58.2 Å². The van der Waals surface area contributed by atoms with Gasteiger partial charge in [-0.05, 0) is 74.6 Å². The van der Waals surface area contributed by atoms with Crippen LogP contribution in [-0.2, 0) is 0 Å². The lowest BCUT2D eigenvalue weighted by Crippen LogP contribution is -2.05. The molecular weight excluding hydrogens is 661 g/mol. The summed E-state index contributed by atoms with van der Waals surface area (Å²) < 4.78 is 0. The molecule has 1 unspecified atom stereocenters. The number of hydrogen-bond donors (Lipinski definition) is 0. The van der Waals surface area contributed by atoms with Crippen LogP contribution in [0.4, 0.5) is 0 Å². The third-order valence-corrected chi connectivity index (χ3v) is 5.48. The SMILES string of the molecule is C/C=C(\C#CC#CC#N)C/C=C(\C#CC#CC#N)C/C=C(\C#CC#CC#N)C(C#CC#CC#CC#N)/C(C#CC#CC#N)=C/C/C(C#CC#CC#N)=C/C. The largest absolute Gasteiger partial charge is 0.183 e. The molecule has 0 heterocycles. The quantitative estimate of drug-likeness (QED) is 0.343. The Kier molecular flexibility index (Phi) is 26.7. The Morgan fingerprint density at radius 2 is 0.648 bits per heavy atom. The minimum absolute atomic E-state index is 0.172. The monoisotopic (exact) mass is 678 g/mol. The molecule has 54 heavy (non-hydrogen) atoms. The highest BCUT2D eigenvalue weighted by Gasteiger charge is 2.15. The first kappa shape index (κ1) is 43.9. The lowest BCUT2D eigenvalue weighted by atomic mass is 9.88. The van der Waals surface area contributed by atoms with Crippen LogP contribution in [0.3, 0.4) is 0 Å². The molecule has 0 aliphatic carbocycles. The molecule has 0 rings (SSSR count). The van der Waals surface area contributed by atoms with E-state index in [2.05, 4.69) is 154 Å². The van der Waals surface area contributed by atoms with Crippen LogP contribution in [-0.4, -0.2) is 0 Å². The summed E-state index contributed by atoms with van der Waals surface area (Å²) in [6, 6.07) is 10.2. The molecule has 0 aromatic carbocycles. The molecule has 0 spiro atoms. The minimum Gasteiger partial charge on any atom is -0.183 e. The van der Waals surface area contributed by atoms with Crippen LogP contribution < -0.4 is 0 Å². The third-order valence-electron chi connectivity index (χ3n) is 5.48. The Labute approximate surface area is 318 Å². The predicted octanol–water partition coefficient (Wildman–Crippen LogP) is 4.63. The van der Waals surface area contributed by atoms with Gasteiger partial charge in [-0.1, -0.05) is 65.9 Å². The van der Waals surface area contributed by atoms with Crippen LogP contribution in [0.5, 0.6) is 0 Å². The number of nitriles is 6. The summed E-state index contributed by atoms with van der Waals surface area (Å²) in [5.74, 6) is 65.5. The third kappa shape index (κ3) is 23.3. The van der Waals surface area contributed by atoms with Gasteiger partial charge < -0.3 is 0 Å². The summed E-state index contributed by atoms with van der Waals surface area (Å²) in [5.41, 5.74) is 2.66. The standard InChI is InChI=1S/C48H18N6/c1-3-43(25-13-8-20-38-50)31-32-45(27-15-10-22-40-52)34-36-47(29-17-12-24-42-54)48(30-18-6-5-7-19-37-49)46(28-16-11-23-41-53)35-33-44(4-2)26-14-9-21-39-51/h3-4,32,35-36,48H,31,33-34H2,1-2H3/b43-3+,44-4+,45-32+,46-35+,47-36+. The Morgan fingerprint density at radius 1 is 0.352 bits per heavy atom. The van der Waals surface area contributed by atoms with Crippen molar-refractivity contribution in [1.29, 1.82) is 31.6 Å². The van der Waals surface area contributed by atoms with E-state index in [1.807, 2.05) is 0 Å². The number of hydrogen-bond acceptors (Lipinski definition) is 6. The molecule has 0 amide bonds. The van der Waals surface area contributed by atoms with Gasteiger partial charge in [0.2, 0.25) is 0 Å². The first-order valence-corrected chi connectivity index (χ1v) is 14.8. The van der Waals surface area contributed by atoms with Crippen LogP contribution in [0.2, 0.25) is 0 Å². The summed E-state index contributed by atoms with van der Waals surface area (Å²) >= 11 is 0. The highest BCUT2D eigenvalue weighted by molar-refractivity contribution is 5.55. The molecule has 0 aliphatic heterocycles. The molecule has 0 saturated heterocycles. The fraction of sp³-hybridized carbons (Fsp3) is 0.125. The van der Waals surface area contributed by atoms with Crippen molar-refractivity contribution in [2.45, 2.75) is 33.1 Å². The lowest BCUT2D eigenvalue weighted by Gasteiger charge is -2.12. The molecule has 0 saturated carbocycles. The highest BCUT2D eigenvalue weighted by atomic mass is 14.2. The molecule has 0 radical (unpaired) electrons. The summed E-state index contributed by atoms with van der Waals surface area (Å²) in [6.45, 7) is 3.58. The molecule has 0 N–H and O–H groups in total. The smallest absolute Gasteiger partial charge is 0.153 e. The highest BCUT2D eigenvalue weighted by Crippen LogP contribution is 2.23. The number of allylic oxidation sites excluding steroid dienone is 10. The molecule has 1 atom stereocenters. The van der Waals surface area contributed by atoms with Gasteiger partial charge in [-0.2, -0.15) is 31.6 Å². The van der Waals surface area contributed by atoms with Crippen LogP contribution >= 0.6 is 0 Å². The van der Waals surface area contributed by atoms with Crippen molar-refractivity contribution in [2.24, 2.45) is 5.92 Å².